The van der Waals surface area contributed by atoms with Gasteiger partial charge in [-0.2, -0.15) is 0 Å². The van der Waals surface area contributed by atoms with Gasteiger partial charge in [-0.05, 0) is 0 Å². The first kappa shape index (κ1) is 7.06. The van der Waals surface area contributed by atoms with Gasteiger partial charge >= 0.3 is 0 Å². The fraction of sp³-hybridized carbons (Fsp3) is 0.857. The van der Waals surface area contributed by atoms with Crippen LogP contribution >= 0.6 is 0 Å². The maximum absolute atomic E-state index is 11.2. The van der Waals surface area contributed by atoms with E-state index in [9.17, 15) is 4.79 Å². The Bertz CT molecular complexity index is 183. The maximum Gasteiger partial charge on any atom is 0.225 e. The van der Waals surface area contributed by atoms with Gasteiger partial charge < -0.3 is 15.7 Å². The number of aliphatic hydroxyl groups excluding tert-OH is 1. The van der Waals surface area contributed by atoms with Crippen molar-refractivity contribution < 1.29 is 9.90 Å². The normalized spacial score (nSPS) is 42.3. The summed E-state index contributed by atoms with van der Waals surface area (Å²) in [5, 5.41) is 14.8. The third-order valence-corrected chi connectivity index (χ3v) is 2.64. The molecule has 0 radical (unpaired) electrons. The van der Waals surface area contributed by atoms with Crippen LogP contribution < -0.4 is 10.6 Å². The highest BCUT2D eigenvalue weighted by Crippen LogP contribution is 2.26. The second-order valence-electron chi connectivity index (χ2n) is 3.23. The Balaban J connectivity index is 2.13. The first-order chi connectivity index (χ1) is 5.33. The summed E-state index contributed by atoms with van der Waals surface area (Å²) in [6.45, 7) is 1.69. The van der Waals surface area contributed by atoms with Crippen LogP contribution in [0, 0.1) is 11.8 Å². The topological polar surface area (TPSA) is 61.4 Å². The van der Waals surface area contributed by atoms with Crippen LogP contribution in [0.2, 0.25) is 0 Å². The molecule has 0 aliphatic carbocycles. The SMILES string of the molecule is O=C1N[C@H](CO)[C@H]2CNC[C@@H]12. The van der Waals surface area contributed by atoms with Crippen LogP contribution in [0.5, 0.6) is 0 Å². The van der Waals surface area contributed by atoms with Crippen LogP contribution in [0.3, 0.4) is 0 Å². The summed E-state index contributed by atoms with van der Waals surface area (Å²) >= 11 is 0. The molecule has 0 aromatic heterocycles. The number of carbonyl (C=O) groups excluding carboxylic acids is 1. The summed E-state index contributed by atoms with van der Waals surface area (Å²) < 4.78 is 0. The molecule has 2 heterocycles. The summed E-state index contributed by atoms with van der Waals surface area (Å²) in [6, 6.07) is -0.0116. The predicted molar refractivity (Wildman–Crippen MR) is 38.9 cm³/mol. The third-order valence-electron chi connectivity index (χ3n) is 2.64. The molecule has 0 unspecified atom stereocenters. The number of aliphatic hydroxyl groups is 1. The van der Waals surface area contributed by atoms with Gasteiger partial charge in [-0.15, -0.1) is 0 Å². The second-order valence-corrected chi connectivity index (χ2v) is 3.23. The maximum atomic E-state index is 11.2. The van der Waals surface area contributed by atoms with E-state index in [1.165, 1.54) is 0 Å². The number of nitrogens with one attached hydrogen (secondary N) is 2. The Morgan fingerprint density at radius 3 is 3.09 bits per heavy atom. The zero-order valence-corrected chi connectivity index (χ0v) is 6.21. The number of rotatable bonds is 1. The second kappa shape index (κ2) is 2.46. The minimum atomic E-state index is -0.0116. The van der Waals surface area contributed by atoms with Crippen molar-refractivity contribution in [3.05, 3.63) is 0 Å². The molecular weight excluding hydrogens is 144 g/mol. The zero-order chi connectivity index (χ0) is 7.84. The quantitative estimate of drug-likeness (QED) is 0.424. The number of hydrogen-bond donors (Lipinski definition) is 3. The van der Waals surface area contributed by atoms with Crippen molar-refractivity contribution in [1.29, 1.82) is 0 Å². The average Bonchev–Trinajstić information content (AvgIpc) is 2.54. The molecule has 4 nitrogen and oxygen atoms in total. The van der Waals surface area contributed by atoms with Gasteiger partial charge in [0.25, 0.3) is 0 Å². The van der Waals surface area contributed by atoms with Crippen molar-refractivity contribution in [2.45, 2.75) is 6.04 Å². The average molecular weight is 156 g/mol. The summed E-state index contributed by atoms with van der Waals surface area (Å²) in [5.41, 5.74) is 0. The van der Waals surface area contributed by atoms with E-state index in [2.05, 4.69) is 10.6 Å². The van der Waals surface area contributed by atoms with Crippen molar-refractivity contribution in [1.82, 2.24) is 10.6 Å². The number of fused-ring (bicyclic) bond motifs is 1. The zero-order valence-electron chi connectivity index (χ0n) is 6.21. The van der Waals surface area contributed by atoms with Crippen LogP contribution in [-0.4, -0.2) is 36.8 Å². The van der Waals surface area contributed by atoms with E-state index in [4.69, 9.17) is 5.11 Å². The molecular formula is C7H12N2O2. The van der Waals surface area contributed by atoms with Crippen molar-refractivity contribution in [3.8, 4) is 0 Å². The van der Waals surface area contributed by atoms with Gasteiger partial charge in [-0.3, -0.25) is 4.79 Å². The Labute approximate surface area is 65.0 Å². The summed E-state index contributed by atoms with van der Waals surface area (Å²) in [6.07, 6.45) is 0. The fourth-order valence-electron chi connectivity index (χ4n) is 1.99. The van der Waals surface area contributed by atoms with Crippen LogP contribution in [0.1, 0.15) is 0 Å². The lowest BCUT2D eigenvalue weighted by Crippen LogP contribution is -2.35. The first-order valence-electron chi connectivity index (χ1n) is 3.95. The molecule has 3 N–H and O–H groups in total. The van der Waals surface area contributed by atoms with Gasteiger partial charge in [-0.1, -0.05) is 0 Å². The molecule has 4 heteroatoms. The predicted octanol–water partition coefficient (Wildman–Crippen LogP) is -1.69. The highest BCUT2D eigenvalue weighted by Gasteiger charge is 2.44. The van der Waals surface area contributed by atoms with Crippen LogP contribution in [0.25, 0.3) is 0 Å². The van der Waals surface area contributed by atoms with Crippen molar-refractivity contribution in [2.24, 2.45) is 11.8 Å². The Morgan fingerprint density at radius 2 is 2.36 bits per heavy atom. The number of carbonyl (C=O) groups is 1. The molecule has 62 valence electrons. The van der Waals surface area contributed by atoms with Crippen molar-refractivity contribution in [3.63, 3.8) is 0 Å². The fourth-order valence-corrected chi connectivity index (χ4v) is 1.99. The summed E-state index contributed by atoms with van der Waals surface area (Å²) in [4.78, 5) is 11.2. The number of hydrogen-bond acceptors (Lipinski definition) is 3. The molecule has 2 aliphatic heterocycles. The standard InChI is InChI=1S/C7H12N2O2/c10-3-6-4-1-8-2-5(4)7(11)9-6/h4-6,8,10H,1-3H2,(H,9,11)/t4-,5+,6+/m0/s1. The molecule has 0 bridgehead atoms. The van der Waals surface area contributed by atoms with Gasteiger partial charge in [-0.25, -0.2) is 0 Å². The molecule has 11 heavy (non-hydrogen) atoms. The molecule has 0 aromatic rings. The van der Waals surface area contributed by atoms with Crippen LogP contribution in [-0.2, 0) is 4.79 Å². The third kappa shape index (κ3) is 0.937. The van der Waals surface area contributed by atoms with Gasteiger partial charge in [0.05, 0.1) is 18.6 Å². The molecule has 2 fully saturated rings. The van der Waals surface area contributed by atoms with Gasteiger partial charge in [0.2, 0.25) is 5.91 Å². The molecule has 3 atom stereocenters. The highest BCUT2D eigenvalue weighted by molar-refractivity contribution is 5.82. The largest absolute Gasteiger partial charge is 0.394 e. The highest BCUT2D eigenvalue weighted by atomic mass is 16.3. The molecule has 0 aromatic carbocycles. The molecule has 0 saturated carbocycles. The van der Waals surface area contributed by atoms with Gasteiger partial charge in [0.1, 0.15) is 0 Å². The van der Waals surface area contributed by atoms with Crippen LogP contribution in [0.4, 0.5) is 0 Å². The summed E-state index contributed by atoms with van der Waals surface area (Å²) in [7, 11) is 0. The Kier molecular flexibility index (Phi) is 1.58. The van der Waals surface area contributed by atoms with E-state index in [1.54, 1.807) is 0 Å². The van der Waals surface area contributed by atoms with E-state index >= 15 is 0 Å². The lowest BCUT2D eigenvalue weighted by molar-refractivity contribution is -0.122. The first-order valence-corrected chi connectivity index (χ1v) is 3.95. The lowest BCUT2D eigenvalue weighted by atomic mass is 9.94. The minimum absolute atomic E-state index is 0.0116. The lowest BCUT2D eigenvalue weighted by Gasteiger charge is -2.12. The molecule has 2 saturated heterocycles. The minimum Gasteiger partial charge on any atom is -0.394 e. The molecule has 1 amide bonds. The smallest absolute Gasteiger partial charge is 0.225 e. The summed E-state index contributed by atoms with van der Waals surface area (Å²) in [5.74, 6) is 0.513. The van der Waals surface area contributed by atoms with Gasteiger partial charge in [0.15, 0.2) is 0 Å². The monoisotopic (exact) mass is 156 g/mol. The van der Waals surface area contributed by atoms with Crippen LogP contribution in [0.15, 0.2) is 0 Å². The van der Waals surface area contributed by atoms with Crippen molar-refractivity contribution >= 4 is 5.91 Å². The van der Waals surface area contributed by atoms with Crippen molar-refractivity contribution in [2.75, 3.05) is 19.7 Å². The number of amides is 1. The van der Waals surface area contributed by atoms with E-state index in [0.29, 0.717) is 5.92 Å². The van der Waals surface area contributed by atoms with E-state index in [0.717, 1.165) is 13.1 Å². The Hall–Kier alpha value is -0.610. The van der Waals surface area contributed by atoms with Gasteiger partial charge in [0, 0.05) is 19.0 Å². The van der Waals surface area contributed by atoms with E-state index in [-0.39, 0.29) is 24.5 Å². The molecule has 0 spiro atoms. The van der Waals surface area contributed by atoms with E-state index in [1.807, 2.05) is 0 Å². The Morgan fingerprint density at radius 1 is 1.55 bits per heavy atom. The molecule has 2 rings (SSSR count). The van der Waals surface area contributed by atoms with E-state index < -0.39 is 0 Å². The molecule has 2 aliphatic rings.